The molecule has 1 aliphatic carbocycles. The van der Waals surface area contributed by atoms with Crippen LogP contribution in [0.3, 0.4) is 0 Å². The van der Waals surface area contributed by atoms with Crippen molar-refractivity contribution in [3.63, 3.8) is 0 Å². The van der Waals surface area contributed by atoms with Crippen molar-refractivity contribution >= 4 is 11.8 Å². The van der Waals surface area contributed by atoms with E-state index in [1.165, 1.54) is 25.0 Å². The fourth-order valence-electron chi connectivity index (χ4n) is 4.11. The molecule has 3 fully saturated rings. The fraction of sp³-hybridized carbons (Fsp3) is 1.00. The number of rotatable bonds is 1. The first-order valence-corrected chi connectivity index (χ1v) is 8.24. The Morgan fingerprint density at radius 3 is 2.82 bits per heavy atom. The van der Waals surface area contributed by atoms with Crippen molar-refractivity contribution in [3.05, 3.63) is 0 Å². The Hall–Kier alpha value is 0.270. The van der Waals surface area contributed by atoms with Crippen LogP contribution in [0.1, 0.15) is 45.4 Å². The Kier molecular flexibility index (Phi) is 3.21. The van der Waals surface area contributed by atoms with E-state index in [1.807, 2.05) is 11.8 Å². The molecule has 98 valence electrons. The molecule has 2 aliphatic heterocycles. The maximum Gasteiger partial charge on any atom is 0.0784 e. The number of hydrogen-bond acceptors (Lipinski definition) is 3. The van der Waals surface area contributed by atoms with E-state index in [4.69, 9.17) is 4.74 Å². The molecule has 0 radical (unpaired) electrons. The molecule has 4 unspecified atom stereocenters. The van der Waals surface area contributed by atoms with Gasteiger partial charge in [0.1, 0.15) is 0 Å². The van der Waals surface area contributed by atoms with Crippen LogP contribution in [0.25, 0.3) is 0 Å². The van der Waals surface area contributed by atoms with Crippen molar-refractivity contribution in [1.29, 1.82) is 0 Å². The van der Waals surface area contributed by atoms with Gasteiger partial charge in [-0.05, 0) is 49.7 Å². The predicted octanol–water partition coefficient (Wildman–Crippen LogP) is 2.84. The Bertz CT molecular complexity index is 288. The van der Waals surface area contributed by atoms with Crippen LogP contribution in [0.5, 0.6) is 0 Å². The van der Waals surface area contributed by atoms with Crippen LogP contribution < -0.4 is 0 Å². The van der Waals surface area contributed by atoms with Gasteiger partial charge in [-0.15, -0.1) is 0 Å². The Balaban J connectivity index is 1.75. The average Bonchev–Trinajstić information content (AvgIpc) is 2.89. The minimum absolute atomic E-state index is 0.117. The first kappa shape index (κ1) is 12.3. The predicted molar refractivity (Wildman–Crippen MR) is 71.3 cm³/mol. The summed E-state index contributed by atoms with van der Waals surface area (Å²) < 4.78 is 6.06. The van der Waals surface area contributed by atoms with Gasteiger partial charge in [0.25, 0.3) is 0 Å². The highest BCUT2D eigenvalue weighted by Crippen LogP contribution is 2.49. The van der Waals surface area contributed by atoms with Gasteiger partial charge in [0.05, 0.1) is 11.2 Å². The van der Waals surface area contributed by atoms with Crippen LogP contribution in [-0.2, 0) is 4.74 Å². The van der Waals surface area contributed by atoms with Crippen molar-refractivity contribution in [2.75, 3.05) is 18.1 Å². The van der Waals surface area contributed by atoms with E-state index < -0.39 is 0 Å². The van der Waals surface area contributed by atoms with E-state index in [1.54, 1.807) is 0 Å². The summed E-state index contributed by atoms with van der Waals surface area (Å²) in [7, 11) is 0. The zero-order valence-corrected chi connectivity index (χ0v) is 11.6. The zero-order valence-electron chi connectivity index (χ0n) is 10.8. The molecule has 2 saturated heterocycles. The SMILES string of the molecule is CC1CCCC1(O)C1CCOC2(CCSC2)C1. The van der Waals surface area contributed by atoms with E-state index in [-0.39, 0.29) is 11.2 Å². The number of hydrogen-bond donors (Lipinski definition) is 1. The standard InChI is InChI=1S/C14H24O2S/c1-11-3-2-5-14(11,15)12-4-7-16-13(9-12)6-8-17-10-13/h11-12,15H,2-10H2,1H3. The summed E-state index contributed by atoms with van der Waals surface area (Å²) in [5.74, 6) is 3.35. The second-order valence-corrected chi connectivity index (χ2v) is 7.41. The highest BCUT2D eigenvalue weighted by atomic mass is 32.2. The molecule has 1 spiro atoms. The molecule has 3 aliphatic rings. The van der Waals surface area contributed by atoms with E-state index in [9.17, 15) is 5.11 Å². The van der Waals surface area contributed by atoms with Gasteiger partial charge in [0.15, 0.2) is 0 Å². The number of thioether (sulfide) groups is 1. The van der Waals surface area contributed by atoms with Crippen LogP contribution in [0.15, 0.2) is 0 Å². The minimum atomic E-state index is -0.385. The largest absolute Gasteiger partial charge is 0.389 e. The van der Waals surface area contributed by atoms with Gasteiger partial charge in [0.2, 0.25) is 0 Å². The van der Waals surface area contributed by atoms with Gasteiger partial charge in [0, 0.05) is 12.4 Å². The van der Waals surface area contributed by atoms with Gasteiger partial charge in [-0.2, -0.15) is 11.8 Å². The van der Waals surface area contributed by atoms with E-state index >= 15 is 0 Å². The lowest BCUT2D eigenvalue weighted by Crippen LogP contribution is -2.49. The number of ether oxygens (including phenoxy) is 1. The molecule has 4 atom stereocenters. The molecule has 1 N–H and O–H groups in total. The minimum Gasteiger partial charge on any atom is -0.389 e. The fourth-order valence-corrected chi connectivity index (χ4v) is 5.49. The van der Waals surface area contributed by atoms with Crippen molar-refractivity contribution in [3.8, 4) is 0 Å². The van der Waals surface area contributed by atoms with Gasteiger partial charge >= 0.3 is 0 Å². The first-order chi connectivity index (χ1) is 8.15. The van der Waals surface area contributed by atoms with Crippen LogP contribution in [0.2, 0.25) is 0 Å². The Labute approximate surface area is 108 Å². The van der Waals surface area contributed by atoms with Crippen molar-refractivity contribution in [2.45, 2.75) is 56.7 Å². The summed E-state index contributed by atoms with van der Waals surface area (Å²) in [6, 6.07) is 0. The second-order valence-electron chi connectivity index (χ2n) is 6.31. The summed E-state index contributed by atoms with van der Waals surface area (Å²) in [5.41, 5.74) is -0.268. The zero-order chi connectivity index (χ0) is 11.9. The molecule has 0 aromatic carbocycles. The summed E-state index contributed by atoms with van der Waals surface area (Å²) in [5, 5.41) is 11.0. The third-order valence-corrected chi connectivity index (χ3v) is 6.56. The van der Waals surface area contributed by atoms with Gasteiger partial charge in [-0.25, -0.2) is 0 Å². The third-order valence-electron chi connectivity index (χ3n) is 5.33. The van der Waals surface area contributed by atoms with Crippen molar-refractivity contribution in [1.82, 2.24) is 0 Å². The molecule has 1 saturated carbocycles. The maximum absolute atomic E-state index is 11.0. The monoisotopic (exact) mass is 256 g/mol. The lowest BCUT2D eigenvalue weighted by Gasteiger charge is -2.45. The summed E-state index contributed by atoms with van der Waals surface area (Å²) in [6.45, 7) is 3.10. The molecule has 0 aromatic rings. The summed E-state index contributed by atoms with van der Waals surface area (Å²) in [4.78, 5) is 0. The molecular formula is C14H24O2S. The maximum atomic E-state index is 11.0. The van der Waals surface area contributed by atoms with Gasteiger partial charge in [-0.1, -0.05) is 13.3 Å². The highest BCUT2D eigenvalue weighted by molar-refractivity contribution is 7.99. The molecule has 3 rings (SSSR count). The van der Waals surface area contributed by atoms with Crippen LogP contribution in [0.4, 0.5) is 0 Å². The van der Waals surface area contributed by atoms with Gasteiger partial charge < -0.3 is 9.84 Å². The third kappa shape index (κ3) is 2.04. The van der Waals surface area contributed by atoms with Gasteiger partial charge in [-0.3, -0.25) is 0 Å². The van der Waals surface area contributed by atoms with E-state index in [0.29, 0.717) is 11.8 Å². The topological polar surface area (TPSA) is 29.5 Å². The van der Waals surface area contributed by atoms with E-state index in [0.717, 1.165) is 31.6 Å². The summed E-state index contributed by atoms with van der Waals surface area (Å²) >= 11 is 2.02. The summed E-state index contributed by atoms with van der Waals surface area (Å²) in [6.07, 6.45) is 6.78. The lowest BCUT2D eigenvalue weighted by molar-refractivity contribution is -0.141. The van der Waals surface area contributed by atoms with Crippen LogP contribution in [0, 0.1) is 11.8 Å². The smallest absolute Gasteiger partial charge is 0.0784 e. The van der Waals surface area contributed by atoms with Crippen molar-refractivity contribution in [2.24, 2.45) is 11.8 Å². The Morgan fingerprint density at radius 2 is 2.18 bits per heavy atom. The second kappa shape index (κ2) is 4.43. The Morgan fingerprint density at radius 1 is 1.29 bits per heavy atom. The van der Waals surface area contributed by atoms with Crippen LogP contribution >= 0.6 is 11.8 Å². The van der Waals surface area contributed by atoms with Crippen LogP contribution in [-0.4, -0.2) is 34.4 Å². The van der Waals surface area contributed by atoms with Crippen molar-refractivity contribution < 1.29 is 9.84 Å². The molecule has 3 heteroatoms. The molecule has 2 nitrogen and oxygen atoms in total. The highest BCUT2D eigenvalue weighted by Gasteiger charge is 2.50. The molecule has 17 heavy (non-hydrogen) atoms. The first-order valence-electron chi connectivity index (χ1n) is 7.09. The van der Waals surface area contributed by atoms with E-state index in [2.05, 4.69) is 6.92 Å². The molecule has 0 bridgehead atoms. The normalized spacial score (nSPS) is 51.2. The molecule has 0 aromatic heterocycles. The molecule has 0 amide bonds. The number of aliphatic hydroxyl groups is 1. The molecular weight excluding hydrogens is 232 g/mol. The molecule has 2 heterocycles. The quantitative estimate of drug-likeness (QED) is 0.782. The average molecular weight is 256 g/mol. The lowest BCUT2D eigenvalue weighted by atomic mass is 9.71.